The number of thioether (sulfide) groups is 1. The van der Waals surface area contributed by atoms with Gasteiger partial charge < -0.3 is 15.6 Å². The molecule has 1 aliphatic rings. The number of H-pyrrole nitrogens is 1. The number of carbonyl (C=O) groups excluding carboxylic acids is 2. The average Bonchev–Trinajstić information content (AvgIpc) is 2.71. The normalized spacial score (nSPS) is 15.1. The van der Waals surface area contributed by atoms with Crippen LogP contribution in [0.2, 0.25) is 0 Å². The molecule has 3 N–H and O–H groups in total. The number of rotatable bonds is 5. The van der Waals surface area contributed by atoms with E-state index in [9.17, 15) is 18.8 Å². The molecule has 0 bridgehead atoms. The van der Waals surface area contributed by atoms with E-state index in [1.807, 2.05) is 32.0 Å². The van der Waals surface area contributed by atoms with E-state index < -0.39 is 17.4 Å². The number of halogens is 1. The molecule has 2 heterocycles. The smallest absolute Gasteiger partial charge is 0.257 e. The molecule has 164 valence electrons. The van der Waals surface area contributed by atoms with Gasteiger partial charge in [0.05, 0.1) is 11.5 Å². The molecule has 2 amide bonds. The fourth-order valence-electron chi connectivity index (χ4n) is 3.65. The zero-order chi connectivity index (χ0) is 22.8. The summed E-state index contributed by atoms with van der Waals surface area (Å²) in [5, 5.41) is 5.71. The third kappa shape index (κ3) is 4.88. The second-order valence-corrected chi connectivity index (χ2v) is 8.68. The summed E-state index contributed by atoms with van der Waals surface area (Å²) in [5.41, 5.74) is 3.10. The second-order valence-electron chi connectivity index (χ2n) is 7.72. The largest absolute Gasteiger partial charge is 0.326 e. The van der Waals surface area contributed by atoms with Crippen molar-refractivity contribution in [1.29, 1.82) is 0 Å². The Labute approximate surface area is 187 Å². The van der Waals surface area contributed by atoms with Crippen molar-refractivity contribution in [3.8, 4) is 0 Å². The number of anilines is 2. The lowest BCUT2D eigenvalue weighted by Gasteiger charge is -2.23. The van der Waals surface area contributed by atoms with Crippen LogP contribution in [0.4, 0.5) is 15.9 Å². The molecule has 0 radical (unpaired) electrons. The summed E-state index contributed by atoms with van der Waals surface area (Å²) in [6.45, 7) is 3.84. The fraction of sp³-hybridized carbons (Fsp3) is 0.217. The van der Waals surface area contributed by atoms with Crippen LogP contribution in [0.25, 0.3) is 0 Å². The molecule has 1 atom stereocenters. The molecule has 0 aliphatic carbocycles. The predicted octanol–water partition coefficient (Wildman–Crippen LogP) is 3.88. The molecule has 3 aromatic rings. The number of fused-ring (bicyclic) bond motifs is 1. The summed E-state index contributed by atoms with van der Waals surface area (Å²) in [7, 11) is 0. The van der Waals surface area contributed by atoms with Crippen LogP contribution >= 0.6 is 11.8 Å². The van der Waals surface area contributed by atoms with Gasteiger partial charge in [-0.25, -0.2) is 9.37 Å². The highest BCUT2D eigenvalue weighted by Crippen LogP contribution is 2.31. The lowest BCUT2D eigenvalue weighted by atomic mass is 9.92. The molecular weight excluding hydrogens is 431 g/mol. The number of carbonyl (C=O) groups is 2. The van der Waals surface area contributed by atoms with E-state index in [0.717, 1.165) is 16.7 Å². The fourth-order valence-corrected chi connectivity index (χ4v) is 4.47. The molecule has 1 aliphatic heterocycles. The third-order valence-electron chi connectivity index (χ3n) is 5.02. The van der Waals surface area contributed by atoms with Crippen LogP contribution in [0.5, 0.6) is 0 Å². The maximum atomic E-state index is 13.1. The van der Waals surface area contributed by atoms with E-state index >= 15 is 0 Å². The number of aromatic amines is 1. The van der Waals surface area contributed by atoms with Gasteiger partial charge in [0, 0.05) is 17.9 Å². The minimum Gasteiger partial charge on any atom is -0.326 e. The van der Waals surface area contributed by atoms with Gasteiger partial charge in [0.25, 0.3) is 5.56 Å². The lowest BCUT2D eigenvalue weighted by molar-refractivity contribution is -0.123. The van der Waals surface area contributed by atoms with Crippen molar-refractivity contribution in [3.63, 3.8) is 0 Å². The molecule has 2 aromatic carbocycles. The first-order valence-corrected chi connectivity index (χ1v) is 11.0. The molecule has 4 rings (SSSR count). The van der Waals surface area contributed by atoms with E-state index in [1.165, 1.54) is 23.9 Å². The van der Waals surface area contributed by atoms with Crippen molar-refractivity contribution >= 4 is 35.1 Å². The Morgan fingerprint density at radius 1 is 1.16 bits per heavy atom. The van der Waals surface area contributed by atoms with Crippen LogP contribution in [-0.4, -0.2) is 21.8 Å². The summed E-state index contributed by atoms with van der Waals surface area (Å²) in [4.78, 5) is 45.1. The molecule has 0 fully saturated rings. The van der Waals surface area contributed by atoms with Crippen molar-refractivity contribution in [2.24, 2.45) is 0 Å². The van der Waals surface area contributed by atoms with Crippen LogP contribution in [-0.2, 0) is 15.3 Å². The van der Waals surface area contributed by atoms with E-state index in [4.69, 9.17) is 0 Å². The maximum Gasteiger partial charge on any atom is 0.257 e. The number of hydrogen-bond acceptors (Lipinski definition) is 5. The summed E-state index contributed by atoms with van der Waals surface area (Å²) in [5.74, 6) is -1.56. The van der Waals surface area contributed by atoms with E-state index in [2.05, 4.69) is 20.6 Å². The molecule has 7 nitrogen and oxygen atoms in total. The Morgan fingerprint density at radius 3 is 2.53 bits per heavy atom. The quantitative estimate of drug-likeness (QED) is 0.403. The van der Waals surface area contributed by atoms with Crippen LogP contribution in [0.1, 0.15) is 34.6 Å². The molecule has 1 aromatic heterocycles. The number of aryl methyl sites for hydroxylation is 2. The van der Waals surface area contributed by atoms with Crippen molar-refractivity contribution < 1.29 is 14.0 Å². The molecule has 0 spiro atoms. The highest BCUT2D eigenvalue weighted by Gasteiger charge is 2.34. The third-order valence-corrected chi connectivity index (χ3v) is 5.97. The van der Waals surface area contributed by atoms with Gasteiger partial charge in [0.15, 0.2) is 5.16 Å². The molecule has 9 heteroatoms. The highest BCUT2D eigenvalue weighted by molar-refractivity contribution is 7.98. The summed E-state index contributed by atoms with van der Waals surface area (Å²) >= 11 is 1.24. The number of nitrogens with zero attached hydrogens (tertiary/aromatic N) is 1. The van der Waals surface area contributed by atoms with E-state index in [1.54, 1.807) is 12.1 Å². The standard InChI is InChI=1S/C23H21FN4O3S/c1-12-7-13(2)9-16(8-12)25-21(30)17-10-18(29)26-20-19(17)22(31)28-23(27-20)32-11-14-3-5-15(24)6-4-14/h3-9,17H,10-11H2,1-2H3,(H,25,30)(H2,26,27,28,29,31). The van der Waals surface area contributed by atoms with Gasteiger partial charge in [-0.15, -0.1) is 0 Å². The zero-order valence-corrected chi connectivity index (χ0v) is 18.3. The van der Waals surface area contributed by atoms with Gasteiger partial charge in [0.2, 0.25) is 11.8 Å². The number of nitrogens with one attached hydrogen (secondary N) is 3. The summed E-state index contributed by atoms with van der Waals surface area (Å²) < 4.78 is 13.1. The first-order valence-electron chi connectivity index (χ1n) is 9.99. The topological polar surface area (TPSA) is 104 Å². The van der Waals surface area contributed by atoms with Crippen molar-refractivity contribution in [2.45, 2.75) is 37.1 Å². The lowest BCUT2D eigenvalue weighted by Crippen LogP contribution is -2.36. The van der Waals surface area contributed by atoms with Gasteiger partial charge in [-0.05, 0) is 54.8 Å². The van der Waals surface area contributed by atoms with Gasteiger partial charge >= 0.3 is 0 Å². The molecular formula is C23H21FN4O3S. The second kappa shape index (κ2) is 8.96. The molecule has 0 saturated heterocycles. The predicted molar refractivity (Wildman–Crippen MR) is 121 cm³/mol. The van der Waals surface area contributed by atoms with Crippen LogP contribution in [0, 0.1) is 19.7 Å². The Hall–Kier alpha value is -3.46. The number of hydrogen-bond donors (Lipinski definition) is 3. The maximum absolute atomic E-state index is 13.1. The van der Waals surface area contributed by atoms with Crippen LogP contribution in [0.15, 0.2) is 52.4 Å². The number of benzene rings is 2. The van der Waals surface area contributed by atoms with Crippen molar-refractivity contribution in [1.82, 2.24) is 9.97 Å². The first kappa shape index (κ1) is 21.8. The number of amides is 2. The number of aromatic nitrogens is 2. The van der Waals surface area contributed by atoms with Gasteiger partial charge in [-0.2, -0.15) is 0 Å². The SMILES string of the molecule is Cc1cc(C)cc(NC(=O)C2CC(=O)Nc3nc(SCc4ccc(F)cc4)[nH]c(=O)c32)c1. The molecule has 0 saturated carbocycles. The minimum atomic E-state index is -0.952. The minimum absolute atomic E-state index is 0.0900. The summed E-state index contributed by atoms with van der Waals surface area (Å²) in [6, 6.07) is 11.6. The Balaban J connectivity index is 1.57. The van der Waals surface area contributed by atoms with Crippen molar-refractivity contribution in [2.75, 3.05) is 10.6 Å². The van der Waals surface area contributed by atoms with E-state index in [-0.39, 0.29) is 29.5 Å². The monoisotopic (exact) mass is 452 g/mol. The van der Waals surface area contributed by atoms with Gasteiger partial charge in [0.1, 0.15) is 11.6 Å². The first-order chi connectivity index (χ1) is 15.3. The molecule has 32 heavy (non-hydrogen) atoms. The molecule has 1 unspecified atom stereocenters. The van der Waals surface area contributed by atoms with Crippen LogP contribution < -0.4 is 16.2 Å². The average molecular weight is 453 g/mol. The van der Waals surface area contributed by atoms with Gasteiger partial charge in [-0.3, -0.25) is 14.4 Å². The zero-order valence-electron chi connectivity index (χ0n) is 17.5. The van der Waals surface area contributed by atoms with Crippen LogP contribution in [0.3, 0.4) is 0 Å². The Morgan fingerprint density at radius 2 is 1.84 bits per heavy atom. The van der Waals surface area contributed by atoms with E-state index in [0.29, 0.717) is 16.6 Å². The Kier molecular flexibility index (Phi) is 6.09. The Bertz CT molecular complexity index is 1240. The van der Waals surface area contributed by atoms with Gasteiger partial charge in [-0.1, -0.05) is 30.0 Å². The van der Waals surface area contributed by atoms with Crippen molar-refractivity contribution in [3.05, 3.63) is 80.9 Å². The highest BCUT2D eigenvalue weighted by atomic mass is 32.2. The summed E-state index contributed by atoms with van der Waals surface area (Å²) in [6.07, 6.45) is -0.142.